The number of nitrogens with zero attached hydrogens (tertiary/aromatic N) is 4. The van der Waals surface area contributed by atoms with Gasteiger partial charge in [0.2, 0.25) is 11.8 Å². The topological polar surface area (TPSA) is 109 Å². The van der Waals surface area contributed by atoms with Crippen molar-refractivity contribution in [2.45, 2.75) is 12.0 Å². The van der Waals surface area contributed by atoms with Crippen LogP contribution in [0.25, 0.3) is 15.7 Å². The molecule has 0 radical (unpaired) electrons. The lowest BCUT2D eigenvalue weighted by Gasteiger charge is -2.27. The summed E-state index contributed by atoms with van der Waals surface area (Å²) < 4.78 is 2.02. The summed E-state index contributed by atoms with van der Waals surface area (Å²) in [4.78, 5) is 52.1. The highest BCUT2D eigenvalue weighted by atomic mass is 32.1. The Morgan fingerprint density at radius 1 is 1.13 bits per heavy atom. The van der Waals surface area contributed by atoms with Gasteiger partial charge in [0.25, 0.3) is 5.91 Å². The molecule has 2 unspecified atom stereocenters. The fourth-order valence-corrected chi connectivity index (χ4v) is 6.80. The number of hydrogen-bond acceptors (Lipinski definition) is 6. The van der Waals surface area contributed by atoms with Crippen LogP contribution in [-0.4, -0.2) is 50.1 Å². The molecule has 38 heavy (non-hydrogen) atoms. The second-order valence-corrected chi connectivity index (χ2v) is 10.5. The average Bonchev–Trinajstić information content (AvgIpc) is 3.70. The van der Waals surface area contributed by atoms with Gasteiger partial charge in [0.1, 0.15) is 16.6 Å². The normalized spacial score (nSPS) is 20.3. The Kier molecular flexibility index (Phi) is 5.05. The van der Waals surface area contributed by atoms with Gasteiger partial charge in [-0.3, -0.25) is 14.4 Å². The van der Waals surface area contributed by atoms with Gasteiger partial charge in [-0.25, -0.2) is 9.97 Å². The van der Waals surface area contributed by atoms with Gasteiger partial charge < -0.3 is 19.9 Å². The Balaban J connectivity index is 1.29. The summed E-state index contributed by atoms with van der Waals surface area (Å²) in [5, 5.41) is 8.71. The molecule has 9 nitrogen and oxygen atoms in total. The maximum atomic E-state index is 14.2. The predicted molar refractivity (Wildman–Crippen MR) is 143 cm³/mol. The van der Waals surface area contributed by atoms with Crippen LogP contribution in [-0.2, 0) is 21.5 Å². The van der Waals surface area contributed by atoms with Crippen LogP contribution in [0.2, 0.25) is 0 Å². The number of aromatic nitrogens is 3. The van der Waals surface area contributed by atoms with E-state index in [1.165, 1.54) is 17.7 Å². The van der Waals surface area contributed by atoms with Crippen molar-refractivity contribution in [2.75, 3.05) is 18.4 Å². The summed E-state index contributed by atoms with van der Waals surface area (Å²) >= 11 is 1.50. The van der Waals surface area contributed by atoms with E-state index >= 15 is 0 Å². The monoisotopic (exact) mass is 522 g/mol. The molecule has 3 amide bonds. The smallest absolute Gasteiger partial charge is 0.257 e. The van der Waals surface area contributed by atoms with E-state index in [0.717, 1.165) is 21.3 Å². The first-order chi connectivity index (χ1) is 18.6. The molecule has 2 atom stereocenters. The summed E-state index contributed by atoms with van der Waals surface area (Å²) in [6.45, 7) is 0.426. The summed E-state index contributed by atoms with van der Waals surface area (Å²) in [6.07, 6.45) is 4.99. The lowest BCUT2D eigenvalue weighted by Crippen LogP contribution is -2.48. The van der Waals surface area contributed by atoms with Gasteiger partial charge in [-0.1, -0.05) is 36.4 Å². The third-order valence-electron chi connectivity index (χ3n) is 7.66. The molecule has 1 spiro atoms. The molecule has 5 heterocycles. The highest BCUT2D eigenvalue weighted by molar-refractivity contribution is 7.16. The van der Waals surface area contributed by atoms with Crippen LogP contribution in [0.4, 0.5) is 5.69 Å². The standard InChI is InChI=1S/C28H22N6O3S/c35-24(30-13-17-9-10-29-16-31-17)20-14-33(15-28(20)19-6-2-3-7-21(19)32-27(28)37)25(36)23-18-5-1-4-8-22(18)34-11-12-38-26(23)34/h1-12,16,20H,13-15H2,(H,30,35)(H,32,37). The van der Waals surface area contributed by atoms with Crippen molar-refractivity contribution in [2.24, 2.45) is 5.92 Å². The quantitative estimate of drug-likeness (QED) is 0.377. The molecule has 5 aromatic rings. The lowest BCUT2D eigenvalue weighted by atomic mass is 9.73. The van der Waals surface area contributed by atoms with Gasteiger partial charge in [-0.05, 0) is 23.8 Å². The van der Waals surface area contributed by atoms with Gasteiger partial charge in [0, 0.05) is 41.9 Å². The minimum absolute atomic E-state index is 0.108. The molecular formula is C28H22N6O3S. The van der Waals surface area contributed by atoms with Crippen molar-refractivity contribution in [1.29, 1.82) is 0 Å². The number of likely N-dealkylation sites (tertiary alicyclic amines) is 1. The van der Waals surface area contributed by atoms with E-state index in [0.29, 0.717) is 16.9 Å². The van der Waals surface area contributed by atoms with Gasteiger partial charge in [0.15, 0.2) is 0 Å². The van der Waals surface area contributed by atoms with Crippen molar-refractivity contribution in [3.05, 3.63) is 95.5 Å². The Morgan fingerprint density at radius 2 is 1.97 bits per heavy atom. The molecular weight excluding hydrogens is 500 g/mol. The molecule has 2 aliphatic rings. The number of carbonyl (C=O) groups excluding carboxylic acids is 3. The van der Waals surface area contributed by atoms with Crippen molar-refractivity contribution in [3.63, 3.8) is 0 Å². The molecule has 2 N–H and O–H groups in total. The fourth-order valence-electron chi connectivity index (χ4n) is 5.90. The molecule has 1 fully saturated rings. The zero-order chi connectivity index (χ0) is 25.9. The Hall–Kier alpha value is -4.57. The summed E-state index contributed by atoms with van der Waals surface area (Å²) in [5.41, 5.74) is 2.43. The SMILES string of the molecule is O=C(NCc1ccncn1)C1CN(C(=O)c2c3ccccc3n3ccsc23)CC12C(=O)Nc1ccccc12. The van der Waals surface area contributed by atoms with E-state index < -0.39 is 11.3 Å². The van der Waals surface area contributed by atoms with Crippen molar-refractivity contribution >= 4 is 50.5 Å². The number of para-hydroxylation sites is 2. The van der Waals surface area contributed by atoms with Crippen LogP contribution < -0.4 is 10.6 Å². The second kappa shape index (κ2) is 8.49. The van der Waals surface area contributed by atoms with Crippen LogP contribution in [0.3, 0.4) is 0 Å². The summed E-state index contributed by atoms with van der Waals surface area (Å²) in [5.74, 6) is -1.52. The number of anilines is 1. The minimum Gasteiger partial charge on any atom is -0.350 e. The average molecular weight is 523 g/mol. The summed E-state index contributed by atoms with van der Waals surface area (Å²) in [7, 11) is 0. The maximum Gasteiger partial charge on any atom is 0.257 e. The van der Waals surface area contributed by atoms with Gasteiger partial charge in [-0.2, -0.15) is 0 Å². The molecule has 1 saturated heterocycles. The van der Waals surface area contributed by atoms with Crippen molar-refractivity contribution in [1.82, 2.24) is 24.6 Å². The van der Waals surface area contributed by atoms with E-state index in [1.807, 2.05) is 64.5 Å². The first-order valence-electron chi connectivity index (χ1n) is 12.3. The number of carbonyl (C=O) groups is 3. The van der Waals surface area contributed by atoms with E-state index in [4.69, 9.17) is 0 Å². The number of thiazole rings is 1. The number of fused-ring (bicyclic) bond motifs is 5. The first kappa shape index (κ1) is 22.6. The van der Waals surface area contributed by atoms with Crippen LogP contribution in [0, 0.1) is 5.92 Å². The van der Waals surface area contributed by atoms with Crippen LogP contribution in [0.15, 0.2) is 78.7 Å². The third-order valence-corrected chi connectivity index (χ3v) is 8.54. The number of benzene rings is 2. The number of nitrogens with one attached hydrogen (secondary N) is 2. The zero-order valence-electron chi connectivity index (χ0n) is 20.1. The van der Waals surface area contributed by atoms with E-state index in [9.17, 15) is 14.4 Å². The van der Waals surface area contributed by atoms with E-state index in [1.54, 1.807) is 17.2 Å². The van der Waals surface area contributed by atoms with Crippen LogP contribution in [0.5, 0.6) is 0 Å². The molecule has 7 rings (SSSR count). The molecule has 3 aromatic heterocycles. The van der Waals surface area contributed by atoms with E-state index in [2.05, 4.69) is 20.6 Å². The Morgan fingerprint density at radius 3 is 2.84 bits per heavy atom. The molecule has 2 aromatic carbocycles. The largest absolute Gasteiger partial charge is 0.350 e. The van der Waals surface area contributed by atoms with Crippen LogP contribution >= 0.6 is 11.3 Å². The lowest BCUT2D eigenvalue weighted by molar-refractivity contribution is -0.131. The van der Waals surface area contributed by atoms with Gasteiger partial charge in [-0.15, -0.1) is 11.3 Å². The van der Waals surface area contributed by atoms with Crippen molar-refractivity contribution < 1.29 is 14.4 Å². The molecule has 10 heteroatoms. The summed E-state index contributed by atoms with van der Waals surface area (Å²) in [6, 6.07) is 16.9. The third kappa shape index (κ3) is 3.20. The number of hydrogen-bond donors (Lipinski definition) is 2. The molecule has 188 valence electrons. The highest BCUT2D eigenvalue weighted by Gasteiger charge is 2.60. The second-order valence-electron chi connectivity index (χ2n) is 9.60. The van der Waals surface area contributed by atoms with Gasteiger partial charge >= 0.3 is 0 Å². The molecule has 0 aliphatic carbocycles. The molecule has 0 saturated carbocycles. The molecule has 0 bridgehead atoms. The highest BCUT2D eigenvalue weighted by Crippen LogP contribution is 2.48. The van der Waals surface area contributed by atoms with Crippen LogP contribution in [0.1, 0.15) is 21.6 Å². The van der Waals surface area contributed by atoms with Gasteiger partial charge in [0.05, 0.1) is 29.2 Å². The fraction of sp³-hybridized carbons (Fsp3) is 0.179. The first-order valence-corrected chi connectivity index (χ1v) is 13.1. The predicted octanol–water partition coefficient (Wildman–Crippen LogP) is 3.22. The van der Waals surface area contributed by atoms with E-state index in [-0.39, 0.29) is 37.4 Å². The zero-order valence-corrected chi connectivity index (χ0v) is 20.9. The maximum absolute atomic E-state index is 14.2. The number of rotatable bonds is 4. The Bertz CT molecular complexity index is 1750. The Labute approximate surface area is 221 Å². The number of amides is 3. The minimum atomic E-state index is -1.19. The van der Waals surface area contributed by atoms with Crippen molar-refractivity contribution in [3.8, 4) is 0 Å². The molecule has 2 aliphatic heterocycles.